The molecule has 1 aliphatic heterocycles. The number of hydrogen-bond acceptors (Lipinski definition) is 6. The standard InChI is InChI=1S/C28H30ClNO5/c1-5-12-35-28(32)25-16(2)30-22-13-18(17-6-8-19(29)9-7-17)14-23(31)27(22)26(25)21-11-10-20(33-3)15-24(21)34-4/h6-11,15,18,26,30H,5,12-14H2,1-4H3/t18-,26+/m1/s1. The lowest BCUT2D eigenvalue weighted by atomic mass is 9.71. The second kappa shape index (κ2) is 10.6. The lowest BCUT2D eigenvalue weighted by Gasteiger charge is -2.37. The molecule has 0 saturated heterocycles. The van der Waals surface area contributed by atoms with E-state index in [1.807, 2.05) is 50.2 Å². The van der Waals surface area contributed by atoms with Gasteiger partial charge in [-0.2, -0.15) is 0 Å². The molecular formula is C28H30ClNO5. The van der Waals surface area contributed by atoms with Crippen molar-refractivity contribution in [3.63, 3.8) is 0 Å². The van der Waals surface area contributed by atoms with Crippen LogP contribution in [0.15, 0.2) is 65.0 Å². The average molecular weight is 496 g/mol. The molecule has 7 heteroatoms. The number of methoxy groups -OCH3 is 2. The molecule has 1 heterocycles. The Hall–Kier alpha value is -3.25. The molecule has 2 aromatic rings. The fourth-order valence-corrected chi connectivity index (χ4v) is 5.05. The zero-order valence-electron chi connectivity index (χ0n) is 20.4. The van der Waals surface area contributed by atoms with Gasteiger partial charge < -0.3 is 19.5 Å². The quantitative estimate of drug-likeness (QED) is 0.499. The van der Waals surface area contributed by atoms with Crippen molar-refractivity contribution in [1.82, 2.24) is 5.32 Å². The van der Waals surface area contributed by atoms with Crippen molar-refractivity contribution in [3.8, 4) is 11.5 Å². The Morgan fingerprint density at radius 3 is 2.49 bits per heavy atom. The zero-order chi connectivity index (χ0) is 25.1. The average Bonchev–Trinajstić information content (AvgIpc) is 2.86. The molecule has 0 radical (unpaired) electrons. The molecule has 0 spiro atoms. The number of rotatable bonds is 7. The van der Waals surface area contributed by atoms with Gasteiger partial charge in [-0.3, -0.25) is 4.79 Å². The third-order valence-corrected chi connectivity index (χ3v) is 6.83. The molecule has 0 bridgehead atoms. The largest absolute Gasteiger partial charge is 0.497 e. The Morgan fingerprint density at radius 2 is 1.83 bits per heavy atom. The summed E-state index contributed by atoms with van der Waals surface area (Å²) in [5.74, 6) is 0.154. The van der Waals surface area contributed by atoms with Gasteiger partial charge in [-0.15, -0.1) is 0 Å². The monoisotopic (exact) mass is 495 g/mol. The number of ether oxygens (including phenoxy) is 3. The van der Waals surface area contributed by atoms with Crippen molar-refractivity contribution < 1.29 is 23.8 Å². The highest BCUT2D eigenvalue weighted by Gasteiger charge is 2.42. The van der Waals surface area contributed by atoms with Gasteiger partial charge in [-0.1, -0.05) is 36.7 Å². The van der Waals surface area contributed by atoms with Crippen molar-refractivity contribution in [1.29, 1.82) is 0 Å². The van der Waals surface area contributed by atoms with Gasteiger partial charge in [0.1, 0.15) is 11.5 Å². The van der Waals surface area contributed by atoms with Gasteiger partial charge in [-0.05, 0) is 49.4 Å². The topological polar surface area (TPSA) is 73.9 Å². The maximum absolute atomic E-state index is 13.7. The van der Waals surface area contributed by atoms with E-state index in [0.717, 1.165) is 16.8 Å². The summed E-state index contributed by atoms with van der Waals surface area (Å²) >= 11 is 6.07. The van der Waals surface area contributed by atoms with Crippen molar-refractivity contribution in [2.75, 3.05) is 20.8 Å². The lowest BCUT2D eigenvalue weighted by Crippen LogP contribution is -2.36. The highest BCUT2D eigenvalue weighted by molar-refractivity contribution is 6.30. The molecule has 0 unspecified atom stereocenters. The number of dihydropyridines is 1. The number of allylic oxidation sites excluding steroid dienone is 3. The molecular weight excluding hydrogens is 466 g/mol. The van der Waals surface area contributed by atoms with Crippen LogP contribution in [0.1, 0.15) is 56.1 Å². The molecule has 2 aromatic carbocycles. The predicted molar refractivity (Wildman–Crippen MR) is 135 cm³/mol. The van der Waals surface area contributed by atoms with E-state index in [-0.39, 0.29) is 11.7 Å². The van der Waals surface area contributed by atoms with E-state index in [4.69, 9.17) is 25.8 Å². The van der Waals surface area contributed by atoms with Gasteiger partial charge in [0.15, 0.2) is 5.78 Å². The highest BCUT2D eigenvalue weighted by atomic mass is 35.5. The minimum absolute atomic E-state index is 0.00476. The summed E-state index contributed by atoms with van der Waals surface area (Å²) in [5.41, 5.74) is 4.31. The van der Waals surface area contributed by atoms with E-state index in [1.54, 1.807) is 20.3 Å². The van der Waals surface area contributed by atoms with Crippen LogP contribution in [0.4, 0.5) is 0 Å². The summed E-state index contributed by atoms with van der Waals surface area (Å²) in [6.07, 6.45) is 1.69. The fourth-order valence-electron chi connectivity index (χ4n) is 4.92. The van der Waals surface area contributed by atoms with E-state index in [2.05, 4.69) is 5.32 Å². The lowest BCUT2D eigenvalue weighted by molar-refractivity contribution is -0.139. The zero-order valence-corrected chi connectivity index (χ0v) is 21.2. The van der Waals surface area contributed by atoms with E-state index >= 15 is 0 Å². The van der Waals surface area contributed by atoms with Crippen LogP contribution in [-0.2, 0) is 14.3 Å². The number of ketones is 1. The van der Waals surface area contributed by atoms with Crippen molar-refractivity contribution in [3.05, 3.63) is 81.2 Å². The minimum Gasteiger partial charge on any atom is -0.497 e. The molecule has 1 aliphatic carbocycles. The number of carbonyl (C=O) groups excluding carboxylic acids is 2. The smallest absolute Gasteiger partial charge is 0.336 e. The van der Waals surface area contributed by atoms with Crippen molar-refractivity contribution in [2.24, 2.45) is 0 Å². The first-order chi connectivity index (χ1) is 16.9. The molecule has 0 amide bonds. The third-order valence-electron chi connectivity index (χ3n) is 6.58. The maximum Gasteiger partial charge on any atom is 0.336 e. The van der Waals surface area contributed by atoms with Crippen LogP contribution in [0.5, 0.6) is 11.5 Å². The van der Waals surface area contributed by atoms with Crippen LogP contribution in [0.25, 0.3) is 0 Å². The molecule has 4 rings (SSSR count). The maximum atomic E-state index is 13.7. The van der Waals surface area contributed by atoms with Gasteiger partial charge in [-0.25, -0.2) is 4.79 Å². The van der Waals surface area contributed by atoms with Crippen LogP contribution in [0.3, 0.4) is 0 Å². The fraction of sp³-hybridized carbons (Fsp3) is 0.357. The van der Waals surface area contributed by atoms with Gasteiger partial charge in [0.2, 0.25) is 0 Å². The van der Waals surface area contributed by atoms with E-state index in [9.17, 15) is 9.59 Å². The van der Waals surface area contributed by atoms with Crippen LogP contribution in [0, 0.1) is 0 Å². The molecule has 2 atom stereocenters. The van der Waals surface area contributed by atoms with Crippen LogP contribution >= 0.6 is 11.6 Å². The van der Waals surface area contributed by atoms with Gasteiger partial charge in [0.25, 0.3) is 0 Å². The van der Waals surface area contributed by atoms with E-state index in [0.29, 0.717) is 59.2 Å². The minimum atomic E-state index is -0.602. The molecule has 1 N–H and O–H groups in total. The van der Waals surface area contributed by atoms with E-state index in [1.165, 1.54) is 0 Å². The van der Waals surface area contributed by atoms with Gasteiger partial charge in [0.05, 0.1) is 32.3 Å². The first-order valence-electron chi connectivity index (χ1n) is 11.8. The summed E-state index contributed by atoms with van der Waals surface area (Å²) in [7, 11) is 3.15. The first-order valence-corrected chi connectivity index (χ1v) is 12.1. The summed E-state index contributed by atoms with van der Waals surface area (Å²) in [6.45, 7) is 4.10. The summed E-state index contributed by atoms with van der Waals surface area (Å²) < 4.78 is 16.6. The van der Waals surface area contributed by atoms with Crippen molar-refractivity contribution in [2.45, 2.75) is 44.9 Å². The number of benzene rings is 2. The Morgan fingerprint density at radius 1 is 1.09 bits per heavy atom. The number of halogens is 1. The highest BCUT2D eigenvalue weighted by Crippen LogP contribution is 2.48. The van der Waals surface area contributed by atoms with Crippen molar-refractivity contribution >= 4 is 23.4 Å². The molecule has 0 fully saturated rings. The van der Waals surface area contributed by atoms with Gasteiger partial charge in [0, 0.05) is 40.0 Å². The summed E-state index contributed by atoms with van der Waals surface area (Å²) in [4.78, 5) is 27.0. The SMILES string of the molecule is CCCOC(=O)C1=C(C)NC2=C(C(=O)C[C@H](c3ccc(Cl)cc3)C2)[C@H]1c1ccc(OC)cc1OC. The van der Waals surface area contributed by atoms with Crippen LogP contribution in [-0.4, -0.2) is 32.6 Å². The molecule has 2 aliphatic rings. The summed E-state index contributed by atoms with van der Waals surface area (Å²) in [5, 5.41) is 4.03. The first kappa shape index (κ1) is 24.9. The predicted octanol–water partition coefficient (Wildman–Crippen LogP) is 5.67. The van der Waals surface area contributed by atoms with E-state index < -0.39 is 11.9 Å². The third kappa shape index (κ3) is 4.94. The molecule has 0 aromatic heterocycles. The summed E-state index contributed by atoms with van der Waals surface area (Å²) in [6, 6.07) is 13.1. The Kier molecular flexibility index (Phi) is 7.51. The number of nitrogens with one attached hydrogen (secondary N) is 1. The molecule has 35 heavy (non-hydrogen) atoms. The molecule has 6 nitrogen and oxygen atoms in total. The second-order valence-electron chi connectivity index (χ2n) is 8.81. The second-order valence-corrected chi connectivity index (χ2v) is 9.25. The number of Topliss-reactive ketones (excluding diaryl/α,β-unsaturated/α-hetero) is 1. The number of carbonyl (C=O) groups is 2. The molecule has 0 saturated carbocycles. The normalized spacial score (nSPS) is 19.7. The number of hydrogen-bond donors (Lipinski definition) is 1. The Balaban J connectivity index is 1.82. The number of esters is 1. The van der Waals surface area contributed by atoms with Crippen LogP contribution in [0.2, 0.25) is 5.02 Å². The Bertz CT molecular complexity index is 1200. The Labute approximate surface area is 210 Å². The van der Waals surface area contributed by atoms with Gasteiger partial charge >= 0.3 is 5.97 Å². The van der Waals surface area contributed by atoms with Crippen LogP contribution < -0.4 is 14.8 Å². The molecule has 184 valence electrons.